The Morgan fingerprint density at radius 1 is 1.00 bits per heavy atom. The molecule has 0 aliphatic carbocycles. The van der Waals surface area contributed by atoms with E-state index in [4.69, 9.17) is 21.1 Å². The predicted molar refractivity (Wildman–Crippen MR) is 89.0 cm³/mol. The van der Waals surface area contributed by atoms with Crippen molar-refractivity contribution in [3.63, 3.8) is 0 Å². The third-order valence-electron chi connectivity index (χ3n) is 3.03. The highest BCUT2D eigenvalue weighted by molar-refractivity contribution is 9.10. The minimum Gasteiger partial charge on any atom is -0.493 e. The lowest BCUT2D eigenvalue weighted by atomic mass is 10.0. The van der Waals surface area contributed by atoms with E-state index in [0.717, 1.165) is 4.47 Å². The van der Waals surface area contributed by atoms with Crippen LogP contribution in [0.2, 0.25) is 0 Å². The monoisotopic (exact) mass is 436 g/mol. The van der Waals surface area contributed by atoms with Gasteiger partial charge in [-0.15, -0.1) is 11.6 Å². The van der Waals surface area contributed by atoms with E-state index in [9.17, 15) is 4.39 Å². The number of ether oxygens (including phenoxy) is 2. The molecule has 2 rings (SSSR count). The number of hydrogen-bond donors (Lipinski definition) is 0. The predicted octanol–water partition coefficient (Wildman–Crippen LogP) is 5.70. The number of methoxy groups -OCH3 is 2. The highest BCUT2D eigenvalue weighted by Gasteiger charge is 2.21. The maximum Gasteiger partial charge on any atom is 0.161 e. The van der Waals surface area contributed by atoms with Crippen molar-refractivity contribution in [2.24, 2.45) is 0 Å². The van der Waals surface area contributed by atoms with Crippen molar-refractivity contribution in [3.05, 3.63) is 56.2 Å². The van der Waals surface area contributed by atoms with Crippen LogP contribution in [0.25, 0.3) is 0 Å². The SMILES string of the molecule is COc1cc(Br)c(C(Cl)c2cccc(Br)c2F)cc1OC. The Labute approximate surface area is 144 Å². The molecule has 0 saturated carbocycles. The Bertz CT molecular complexity index is 664. The molecule has 0 spiro atoms. The smallest absolute Gasteiger partial charge is 0.161 e. The van der Waals surface area contributed by atoms with Crippen LogP contribution in [0.15, 0.2) is 39.3 Å². The molecule has 0 radical (unpaired) electrons. The zero-order valence-corrected chi connectivity index (χ0v) is 15.2. The molecule has 0 aromatic heterocycles. The Morgan fingerprint density at radius 2 is 1.62 bits per heavy atom. The summed E-state index contributed by atoms with van der Waals surface area (Å²) in [5.74, 6) is 0.739. The normalized spacial score (nSPS) is 12.1. The zero-order valence-electron chi connectivity index (χ0n) is 11.3. The van der Waals surface area contributed by atoms with E-state index in [-0.39, 0.29) is 5.82 Å². The van der Waals surface area contributed by atoms with Gasteiger partial charge in [-0.1, -0.05) is 28.1 Å². The molecule has 2 aromatic carbocycles. The van der Waals surface area contributed by atoms with Gasteiger partial charge in [-0.05, 0) is 39.7 Å². The van der Waals surface area contributed by atoms with Crippen LogP contribution in [0, 0.1) is 5.82 Å². The van der Waals surface area contributed by atoms with E-state index in [0.29, 0.717) is 27.1 Å². The molecule has 0 aliphatic rings. The molecule has 0 fully saturated rings. The number of halogens is 4. The summed E-state index contributed by atoms with van der Waals surface area (Å²) < 4.78 is 25.8. The van der Waals surface area contributed by atoms with E-state index in [1.54, 1.807) is 44.6 Å². The molecule has 0 aliphatic heterocycles. The van der Waals surface area contributed by atoms with Gasteiger partial charge in [0.05, 0.1) is 24.1 Å². The zero-order chi connectivity index (χ0) is 15.6. The summed E-state index contributed by atoms with van der Waals surface area (Å²) in [6, 6.07) is 8.51. The van der Waals surface area contributed by atoms with Crippen molar-refractivity contribution in [2.45, 2.75) is 5.38 Å². The fourth-order valence-corrected chi connectivity index (χ4v) is 3.36. The fourth-order valence-electron chi connectivity index (χ4n) is 1.95. The van der Waals surface area contributed by atoms with Crippen LogP contribution in [0.4, 0.5) is 4.39 Å². The summed E-state index contributed by atoms with van der Waals surface area (Å²) in [5.41, 5.74) is 1.09. The van der Waals surface area contributed by atoms with Crippen LogP contribution in [0.1, 0.15) is 16.5 Å². The Morgan fingerprint density at radius 3 is 2.24 bits per heavy atom. The molecular formula is C15H12Br2ClFO2. The average Bonchev–Trinajstić information content (AvgIpc) is 2.49. The quantitative estimate of drug-likeness (QED) is 0.571. The van der Waals surface area contributed by atoms with Crippen molar-refractivity contribution in [2.75, 3.05) is 14.2 Å². The summed E-state index contributed by atoms with van der Waals surface area (Å²) >= 11 is 13.1. The number of alkyl halides is 1. The van der Waals surface area contributed by atoms with Gasteiger partial charge in [-0.25, -0.2) is 4.39 Å². The van der Waals surface area contributed by atoms with E-state index in [2.05, 4.69) is 31.9 Å². The molecular weight excluding hydrogens is 426 g/mol. The maximum absolute atomic E-state index is 14.2. The van der Waals surface area contributed by atoms with Crippen LogP contribution in [-0.2, 0) is 0 Å². The highest BCUT2D eigenvalue weighted by Crippen LogP contribution is 2.41. The number of rotatable bonds is 4. The van der Waals surface area contributed by atoms with Gasteiger partial charge in [0.1, 0.15) is 5.82 Å². The van der Waals surface area contributed by atoms with Gasteiger partial charge in [0, 0.05) is 10.0 Å². The molecule has 0 amide bonds. The molecule has 0 bridgehead atoms. The standard InChI is InChI=1S/C15H12Br2ClFO2/c1-20-12-6-9(11(17)7-13(12)21-2)14(18)8-4-3-5-10(16)15(8)19/h3-7,14H,1-2H3. The van der Waals surface area contributed by atoms with E-state index >= 15 is 0 Å². The summed E-state index contributed by atoms with van der Waals surface area (Å²) in [6.07, 6.45) is 0. The topological polar surface area (TPSA) is 18.5 Å². The maximum atomic E-state index is 14.2. The summed E-state index contributed by atoms with van der Waals surface area (Å²) in [6.45, 7) is 0. The van der Waals surface area contributed by atoms with Crippen LogP contribution < -0.4 is 9.47 Å². The van der Waals surface area contributed by atoms with Crippen LogP contribution in [-0.4, -0.2) is 14.2 Å². The van der Waals surface area contributed by atoms with Gasteiger partial charge in [-0.2, -0.15) is 0 Å². The summed E-state index contributed by atoms with van der Waals surface area (Å²) in [5, 5.41) is -0.656. The lowest BCUT2D eigenvalue weighted by molar-refractivity contribution is 0.354. The van der Waals surface area contributed by atoms with Crippen LogP contribution in [0.3, 0.4) is 0 Å². The largest absolute Gasteiger partial charge is 0.493 e. The fraction of sp³-hybridized carbons (Fsp3) is 0.200. The number of benzene rings is 2. The Kier molecular flexibility index (Phi) is 5.52. The minimum atomic E-state index is -0.656. The van der Waals surface area contributed by atoms with Gasteiger partial charge in [0.15, 0.2) is 11.5 Å². The third-order valence-corrected chi connectivity index (χ3v) is 4.80. The van der Waals surface area contributed by atoms with Crippen molar-refractivity contribution in [1.29, 1.82) is 0 Å². The molecule has 112 valence electrons. The highest BCUT2D eigenvalue weighted by atomic mass is 79.9. The van der Waals surface area contributed by atoms with Crippen LogP contribution >= 0.6 is 43.5 Å². The van der Waals surface area contributed by atoms with Gasteiger partial charge in [0.25, 0.3) is 0 Å². The van der Waals surface area contributed by atoms with Crippen molar-refractivity contribution < 1.29 is 13.9 Å². The Balaban J connectivity index is 2.53. The average molecular weight is 439 g/mol. The van der Waals surface area contributed by atoms with Crippen molar-refractivity contribution in [3.8, 4) is 11.5 Å². The number of hydrogen-bond acceptors (Lipinski definition) is 2. The van der Waals surface area contributed by atoms with E-state index in [1.807, 2.05) is 0 Å². The van der Waals surface area contributed by atoms with Crippen molar-refractivity contribution >= 4 is 43.5 Å². The van der Waals surface area contributed by atoms with E-state index in [1.165, 1.54) is 0 Å². The van der Waals surface area contributed by atoms with Gasteiger partial charge >= 0.3 is 0 Å². The molecule has 6 heteroatoms. The second kappa shape index (κ2) is 6.99. The first-order valence-corrected chi connectivity index (χ1v) is 8.01. The molecule has 2 aromatic rings. The molecule has 21 heavy (non-hydrogen) atoms. The van der Waals surface area contributed by atoms with E-state index < -0.39 is 5.38 Å². The second-order valence-corrected chi connectivity index (χ2v) is 6.38. The molecule has 0 heterocycles. The first-order chi connectivity index (χ1) is 9.99. The third kappa shape index (κ3) is 3.35. The summed E-state index contributed by atoms with van der Waals surface area (Å²) in [4.78, 5) is 0. The lowest BCUT2D eigenvalue weighted by Crippen LogP contribution is -2.01. The Hall–Kier alpha value is -0.780. The molecule has 0 N–H and O–H groups in total. The van der Waals surface area contributed by atoms with Crippen LogP contribution in [0.5, 0.6) is 11.5 Å². The van der Waals surface area contributed by atoms with Gasteiger partial charge in [-0.3, -0.25) is 0 Å². The molecule has 2 nitrogen and oxygen atoms in total. The second-order valence-electron chi connectivity index (χ2n) is 4.23. The molecule has 1 atom stereocenters. The molecule has 1 unspecified atom stereocenters. The summed E-state index contributed by atoms with van der Waals surface area (Å²) in [7, 11) is 3.09. The first-order valence-electron chi connectivity index (χ1n) is 5.99. The lowest BCUT2D eigenvalue weighted by Gasteiger charge is -2.17. The molecule has 0 saturated heterocycles. The van der Waals surface area contributed by atoms with Gasteiger partial charge < -0.3 is 9.47 Å². The minimum absolute atomic E-state index is 0.376. The first kappa shape index (κ1) is 16.6. The van der Waals surface area contributed by atoms with Crippen molar-refractivity contribution in [1.82, 2.24) is 0 Å². The van der Waals surface area contributed by atoms with Gasteiger partial charge in [0.2, 0.25) is 0 Å².